The summed E-state index contributed by atoms with van der Waals surface area (Å²) in [6, 6.07) is 10.9. The van der Waals surface area contributed by atoms with E-state index in [1.54, 1.807) is 6.07 Å². The largest absolute Gasteiger partial charge is 0.482 e. The third-order valence-electron chi connectivity index (χ3n) is 4.35. The van der Waals surface area contributed by atoms with Gasteiger partial charge in [-0.05, 0) is 67.3 Å². The lowest BCUT2D eigenvalue weighted by Crippen LogP contribution is -2.31. The summed E-state index contributed by atoms with van der Waals surface area (Å²) < 4.78 is 33.0. The maximum absolute atomic E-state index is 12.2. The third-order valence-corrected chi connectivity index (χ3v) is 5.28. The van der Waals surface area contributed by atoms with Crippen molar-refractivity contribution in [2.24, 2.45) is 5.14 Å². The maximum Gasteiger partial charge on any atom is 0.344 e. The van der Waals surface area contributed by atoms with E-state index < -0.39 is 28.0 Å². The first-order valence-electron chi connectivity index (χ1n) is 9.34. The van der Waals surface area contributed by atoms with E-state index in [0.29, 0.717) is 17.4 Å². The van der Waals surface area contributed by atoms with Gasteiger partial charge in [0.2, 0.25) is 10.0 Å². The monoisotopic (exact) mass is 434 g/mol. The van der Waals surface area contributed by atoms with E-state index in [0.717, 1.165) is 5.56 Å². The normalized spacial score (nSPS) is 12.3. The molecule has 0 aromatic heterocycles. The first kappa shape index (κ1) is 23.4. The number of sulfonamides is 1. The van der Waals surface area contributed by atoms with E-state index in [4.69, 9.17) is 14.6 Å². The van der Waals surface area contributed by atoms with E-state index in [1.165, 1.54) is 36.8 Å². The van der Waals surface area contributed by atoms with Gasteiger partial charge in [-0.2, -0.15) is 0 Å². The lowest BCUT2D eigenvalue weighted by atomic mass is 9.98. The van der Waals surface area contributed by atoms with Crippen LogP contribution in [0.3, 0.4) is 0 Å². The van der Waals surface area contributed by atoms with Crippen LogP contribution in [0.2, 0.25) is 0 Å². The van der Waals surface area contributed by atoms with E-state index in [-0.39, 0.29) is 11.5 Å². The fourth-order valence-corrected chi connectivity index (χ4v) is 3.30. The second-order valence-corrected chi connectivity index (χ2v) is 8.71. The van der Waals surface area contributed by atoms with Gasteiger partial charge in [0.05, 0.1) is 4.90 Å². The third kappa shape index (κ3) is 6.57. The van der Waals surface area contributed by atoms with Crippen molar-refractivity contribution in [3.8, 4) is 5.75 Å². The minimum absolute atomic E-state index is 0.0752. The van der Waals surface area contributed by atoms with Gasteiger partial charge in [0.1, 0.15) is 5.75 Å². The highest BCUT2D eigenvalue weighted by molar-refractivity contribution is 7.89. The van der Waals surface area contributed by atoms with E-state index in [2.05, 4.69) is 19.2 Å². The van der Waals surface area contributed by atoms with Crippen LogP contribution >= 0.6 is 0 Å². The molecule has 0 radical (unpaired) electrons. The molecule has 9 heteroatoms. The zero-order chi connectivity index (χ0) is 22.5. The molecule has 0 aliphatic rings. The van der Waals surface area contributed by atoms with Crippen LogP contribution in [-0.4, -0.2) is 33.0 Å². The minimum Gasteiger partial charge on any atom is -0.482 e. The van der Waals surface area contributed by atoms with Crippen molar-refractivity contribution in [3.63, 3.8) is 0 Å². The molecule has 0 saturated carbocycles. The number of nitrogens with one attached hydrogen (secondary N) is 1. The fraction of sp³-hybridized carbons (Fsp3) is 0.333. The van der Waals surface area contributed by atoms with Crippen molar-refractivity contribution in [1.29, 1.82) is 0 Å². The molecule has 3 N–H and O–H groups in total. The van der Waals surface area contributed by atoms with Gasteiger partial charge in [-0.25, -0.2) is 18.4 Å². The maximum atomic E-state index is 12.2. The molecule has 0 aliphatic carbocycles. The summed E-state index contributed by atoms with van der Waals surface area (Å²) in [4.78, 5) is 24.1. The molecule has 1 amide bonds. The molecule has 0 fully saturated rings. The average molecular weight is 435 g/mol. The predicted molar refractivity (Wildman–Crippen MR) is 113 cm³/mol. The van der Waals surface area contributed by atoms with Gasteiger partial charge >= 0.3 is 5.97 Å². The van der Waals surface area contributed by atoms with Crippen LogP contribution in [0.4, 0.5) is 5.69 Å². The quantitative estimate of drug-likeness (QED) is 0.616. The number of esters is 1. The van der Waals surface area contributed by atoms with Crippen molar-refractivity contribution in [3.05, 3.63) is 53.6 Å². The summed E-state index contributed by atoms with van der Waals surface area (Å²) in [6.45, 7) is 7.26. The highest BCUT2D eigenvalue weighted by atomic mass is 32.2. The zero-order valence-electron chi connectivity index (χ0n) is 17.3. The molecule has 30 heavy (non-hydrogen) atoms. The Morgan fingerprint density at radius 3 is 2.23 bits per heavy atom. The second kappa shape index (κ2) is 9.73. The van der Waals surface area contributed by atoms with Crippen molar-refractivity contribution >= 4 is 27.6 Å². The van der Waals surface area contributed by atoms with Crippen LogP contribution in [0.5, 0.6) is 5.75 Å². The van der Waals surface area contributed by atoms with Crippen LogP contribution in [0, 0.1) is 6.92 Å². The number of benzene rings is 2. The number of primary sulfonamides is 1. The van der Waals surface area contributed by atoms with E-state index >= 15 is 0 Å². The number of carbonyl (C=O) groups excluding carboxylic acids is 2. The highest BCUT2D eigenvalue weighted by Crippen LogP contribution is 2.23. The number of hydrogen-bond acceptors (Lipinski definition) is 6. The summed E-state index contributed by atoms with van der Waals surface area (Å²) in [6.07, 6.45) is -1.07. The Labute approximate surface area is 176 Å². The Morgan fingerprint density at radius 1 is 1.07 bits per heavy atom. The van der Waals surface area contributed by atoms with Crippen LogP contribution in [0.25, 0.3) is 0 Å². The van der Waals surface area contributed by atoms with Gasteiger partial charge in [-0.15, -0.1) is 0 Å². The Kier molecular flexibility index (Phi) is 7.58. The molecule has 0 bridgehead atoms. The van der Waals surface area contributed by atoms with Crippen LogP contribution in [-0.2, 0) is 24.3 Å². The minimum atomic E-state index is -3.82. The molecule has 0 heterocycles. The molecule has 1 unspecified atom stereocenters. The first-order chi connectivity index (χ1) is 14.0. The summed E-state index contributed by atoms with van der Waals surface area (Å²) in [5.41, 5.74) is 2.61. The summed E-state index contributed by atoms with van der Waals surface area (Å²) >= 11 is 0. The van der Waals surface area contributed by atoms with Crippen molar-refractivity contribution < 1.29 is 27.5 Å². The molecule has 2 aromatic carbocycles. The number of aryl methyl sites for hydroxylation is 1. The molecule has 2 aromatic rings. The standard InChI is InChI=1S/C21H26N2O6S/c1-13(2)19-10-7-17(11-14(19)3)28-12-20(24)29-15(4)21(25)23-16-5-8-18(9-6-16)30(22,26)27/h5-11,13,15H,12H2,1-4H3,(H,23,25)(H2,22,26,27). The number of amides is 1. The lowest BCUT2D eigenvalue weighted by Gasteiger charge is -2.15. The molecule has 162 valence electrons. The zero-order valence-corrected chi connectivity index (χ0v) is 18.2. The van der Waals surface area contributed by atoms with Gasteiger partial charge in [0, 0.05) is 5.69 Å². The number of nitrogens with two attached hydrogens (primary N) is 1. The van der Waals surface area contributed by atoms with E-state index in [1.807, 2.05) is 19.1 Å². The summed E-state index contributed by atoms with van der Waals surface area (Å²) in [5.74, 6) is -0.322. The molecule has 2 rings (SSSR count). The lowest BCUT2D eigenvalue weighted by molar-refractivity contribution is -0.155. The fourth-order valence-electron chi connectivity index (χ4n) is 2.78. The number of carbonyl (C=O) groups is 2. The number of ether oxygens (including phenoxy) is 2. The van der Waals surface area contributed by atoms with Gasteiger partial charge < -0.3 is 14.8 Å². The van der Waals surface area contributed by atoms with Crippen molar-refractivity contribution in [2.45, 2.75) is 44.6 Å². The number of hydrogen-bond donors (Lipinski definition) is 2. The van der Waals surface area contributed by atoms with Crippen LogP contribution < -0.4 is 15.2 Å². The van der Waals surface area contributed by atoms with Gasteiger partial charge in [-0.3, -0.25) is 4.79 Å². The molecule has 1 atom stereocenters. The predicted octanol–water partition coefficient (Wildman–Crippen LogP) is 2.72. The molecule has 8 nitrogen and oxygen atoms in total. The highest BCUT2D eigenvalue weighted by Gasteiger charge is 2.19. The SMILES string of the molecule is Cc1cc(OCC(=O)OC(C)C(=O)Nc2ccc(S(N)(=O)=O)cc2)ccc1C(C)C. The Morgan fingerprint density at radius 2 is 1.70 bits per heavy atom. The van der Waals surface area contributed by atoms with Gasteiger partial charge in [0.25, 0.3) is 5.91 Å². The Balaban J connectivity index is 1.86. The van der Waals surface area contributed by atoms with Gasteiger partial charge in [-0.1, -0.05) is 19.9 Å². The molecule has 0 saturated heterocycles. The summed E-state index contributed by atoms with van der Waals surface area (Å²) in [7, 11) is -3.82. The first-order valence-corrected chi connectivity index (χ1v) is 10.9. The smallest absolute Gasteiger partial charge is 0.344 e. The number of anilines is 1. The molecule has 0 aliphatic heterocycles. The number of rotatable bonds is 8. The topological polar surface area (TPSA) is 125 Å². The Hall–Kier alpha value is -2.91. The average Bonchev–Trinajstić information content (AvgIpc) is 2.65. The van der Waals surface area contributed by atoms with Crippen molar-refractivity contribution in [1.82, 2.24) is 0 Å². The Bertz CT molecular complexity index is 1020. The molecular formula is C21H26N2O6S. The van der Waals surface area contributed by atoms with Crippen molar-refractivity contribution in [2.75, 3.05) is 11.9 Å². The van der Waals surface area contributed by atoms with Gasteiger partial charge in [0.15, 0.2) is 12.7 Å². The second-order valence-electron chi connectivity index (χ2n) is 7.15. The molecular weight excluding hydrogens is 408 g/mol. The summed E-state index contributed by atoms with van der Waals surface area (Å²) in [5, 5.41) is 7.56. The molecule has 0 spiro atoms. The van der Waals surface area contributed by atoms with E-state index in [9.17, 15) is 18.0 Å². The van der Waals surface area contributed by atoms with Crippen LogP contribution in [0.15, 0.2) is 47.4 Å². The van der Waals surface area contributed by atoms with Crippen LogP contribution in [0.1, 0.15) is 37.8 Å².